The molecular formula is C17H21ClN4O2. The van der Waals surface area contributed by atoms with Crippen LogP contribution in [0.2, 0.25) is 5.02 Å². The number of aromatic nitrogens is 2. The van der Waals surface area contributed by atoms with E-state index in [4.69, 9.17) is 16.3 Å². The van der Waals surface area contributed by atoms with Gasteiger partial charge in [0.05, 0.1) is 13.3 Å². The zero-order valence-electron chi connectivity index (χ0n) is 13.6. The summed E-state index contributed by atoms with van der Waals surface area (Å²) in [5.74, 6) is 0.779. The van der Waals surface area contributed by atoms with Crippen molar-refractivity contribution in [3.63, 3.8) is 0 Å². The van der Waals surface area contributed by atoms with Gasteiger partial charge in [0.1, 0.15) is 5.75 Å². The molecule has 2 aromatic rings. The highest BCUT2D eigenvalue weighted by atomic mass is 35.5. The van der Waals surface area contributed by atoms with E-state index in [0.717, 1.165) is 30.6 Å². The second-order valence-corrected chi connectivity index (χ2v) is 6.36. The Morgan fingerprint density at radius 1 is 1.50 bits per heavy atom. The molecular weight excluding hydrogens is 328 g/mol. The van der Waals surface area contributed by atoms with Gasteiger partial charge in [-0.15, -0.1) is 0 Å². The fraction of sp³-hybridized carbons (Fsp3) is 0.412. The van der Waals surface area contributed by atoms with Crippen LogP contribution in [0.25, 0.3) is 0 Å². The van der Waals surface area contributed by atoms with Crippen molar-refractivity contribution in [2.75, 3.05) is 13.7 Å². The molecule has 0 saturated heterocycles. The zero-order chi connectivity index (χ0) is 16.9. The number of carbonyl (C=O) groups is 1. The average molecular weight is 349 g/mol. The van der Waals surface area contributed by atoms with Gasteiger partial charge < -0.3 is 15.4 Å². The molecule has 1 aliphatic carbocycles. The van der Waals surface area contributed by atoms with Crippen LogP contribution in [-0.2, 0) is 19.3 Å². The highest BCUT2D eigenvalue weighted by molar-refractivity contribution is 6.30. The minimum Gasteiger partial charge on any atom is -0.496 e. The van der Waals surface area contributed by atoms with E-state index in [1.54, 1.807) is 13.2 Å². The predicted octanol–water partition coefficient (Wildman–Crippen LogP) is 2.47. The molecule has 1 aromatic heterocycles. The van der Waals surface area contributed by atoms with Crippen molar-refractivity contribution in [1.29, 1.82) is 0 Å². The van der Waals surface area contributed by atoms with E-state index in [1.807, 2.05) is 18.3 Å². The Morgan fingerprint density at radius 2 is 2.38 bits per heavy atom. The average Bonchev–Trinajstić information content (AvgIpc) is 3.03. The lowest BCUT2D eigenvalue weighted by Gasteiger charge is -2.23. The number of halogens is 1. The van der Waals surface area contributed by atoms with Crippen molar-refractivity contribution >= 4 is 17.6 Å². The van der Waals surface area contributed by atoms with Crippen LogP contribution in [0.1, 0.15) is 23.2 Å². The zero-order valence-corrected chi connectivity index (χ0v) is 14.3. The lowest BCUT2D eigenvalue weighted by molar-refractivity contribution is 0.235. The second-order valence-electron chi connectivity index (χ2n) is 5.92. The standard InChI is InChI=1S/C17H21ClN4O2/c1-24-16-5-2-13(18)8-11(16)6-7-19-17(23)21-14-3-4-15-12(9-14)10-20-22-15/h2,5,8,10,14H,3-4,6-7,9H2,1H3,(H,20,22)(H2,19,21,23)/t14-/m1/s1. The third-order valence-electron chi connectivity index (χ3n) is 4.27. The maximum atomic E-state index is 12.1. The first-order chi connectivity index (χ1) is 11.7. The third-order valence-corrected chi connectivity index (χ3v) is 4.51. The van der Waals surface area contributed by atoms with Crippen LogP contribution in [0.5, 0.6) is 5.75 Å². The highest BCUT2D eigenvalue weighted by Gasteiger charge is 2.21. The van der Waals surface area contributed by atoms with Crippen LogP contribution in [0.3, 0.4) is 0 Å². The minimum absolute atomic E-state index is 0.145. The van der Waals surface area contributed by atoms with Gasteiger partial charge in [0, 0.05) is 23.3 Å². The number of fused-ring (bicyclic) bond motifs is 1. The number of urea groups is 1. The van der Waals surface area contributed by atoms with Crippen molar-refractivity contribution in [3.8, 4) is 5.75 Å². The largest absolute Gasteiger partial charge is 0.496 e. The Labute approximate surface area is 145 Å². The number of ether oxygens (including phenoxy) is 1. The lowest BCUT2D eigenvalue weighted by atomic mass is 9.94. The summed E-state index contributed by atoms with van der Waals surface area (Å²) in [6, 6.07) is 5.49. The molecule has 0 fully saturated rings. The Kier molecular flexibility index (Phi) is 5.25. The number of rotatable bonds is 5. The summed E-state index contributed by atoms with van der Waals surface area (Å²) < 4.78 is 5.31. The summed E-state index contributed by atoms with van der Waals surface area (Å²) >= 11 is 6.01. The number of aryl methyl sites for hydroxylation is 1. The summed E-state index contributed by atoms with van der Waals surface area (Å²) in [5.41, 5.74) is 3.35. The first-order valence-electron chi connectivity index (χ1n) is 8.03. The van der Waals surface area contributed by atoms with Gasteiger partial charge in [-0.25, -0.2) is 4.79 Å². The second kappa shape index (κ2) is 7.57. The van der Waals surface area contributed by atoms with Gasteiger partial charge in [0.15, 0.2) is 0 Å². The molecule has 1 atom stereocenters. The van der Waals surface area contributed by atoms with Crippen LogP contribution >= 0.6 is 11.6 Å². The van der Waals surface area contributed by atoms with Gasteiger partial charge in [-0.05, 0) is 55.0 Å². The Bertz CT molecular complexity index is 716. The first-order valence-corrected chi connectivity index (χ1v) is 8.41. The summed E-state index contributed by atoms with van der Waals surface area (Å²) in [4.78, 5) is 12.1. The SMILES string of the molecule is COc1ccc(Cl)cc1CCNC(=O)N[C@@H]1CCc2[nH]ncc2C1. The Hall–Kier alpha value is -2.21. The fourth-order valence-corrected chi connectivity index (χ4v) is 3.22. The molecule has 1 aromatic carbocycles. The van der Waals surface area contributed by atoms with Crippen molar-refractivity contribution < 1.29 is 9.53 Å². The van der Waals surface area contributed by atoms with E-state index >= 15 is 0 Å². The van der Waals surface area contributed by atoms with Crippen LogP contribution in [0, 0.1) is 0 Å². The Morgan fingerprint density at radius 3 is 3.21 bits per heavy atom. The van der Waals surface area contributed by atoms with Crippen molar-refractivity contribution in [2.24, 2.45) is 0 Å². The molecule has 1 aliphatic rings. The van der Waals surface area contributed by atoms with Gasteiger partial charge in [-0.1, -0.05) is 11.6 Å². The summed E-state index contributed by atoms with van der Waals surface area (Å²) in [7, 11) is 1.63. The number of methoxy groups -OCH3 is 1. The van der Waals surface area contributed by atoms with E-state index < -0.39 is 0 Å². The molecule has 128 valence electrons. The molecule has 0 aliphatic heterocycles. The number of nitrogens with one attached hydrogen (secondary N) is 3. The van der Waals surface area contributed by atoms with E-state index in [-0.39, 0.29) is 12.1 Å². The number of benzene rings is 1. The molecule has 1 heterocycles. The molecule has 0 saturated carbocycles. The number of aromatic amines is 1. The number of carbonyl (C=O) groups excluding carboxylic acids is 1. The fourth-order valence-electron chi connectivity index (χ4n) is 3.03. The van der Waals surface area contributed by atoms with Crippen LogP contribution < -0.4 is 15.4 Å². The van der Waals surface area contributed by atoms with Gasteiger partial charge >= 0.3 is 6.03 Å². The normalized spacial score (nSPS) is 16.3. The van der Waals surface area contributed by atoms with Crippen molar-refractivity contribution in [2.45, 2.75) is 31.7 Å². The van der Waals surface area contributed by atoms with Gasteiger partial charge in [-0.2, -0.15) is 5.10 Å². The lowest BCUT2D eigenvalue weighted by Crippen LogP contribution is -2.44. The van der Waals surface area contributed by atoms with Gasteiger partial charge in [0.2, 0.25) is 0 Å². The molecule has 0 spiro atoms. The van der Waals surface area contributed by atoms with Crippen LogP contribution in [-0.4, -0.2) is 35.9 Å². The molecule has 0 unspecified atom stereocenters. The Balaban J connectivity index is 1.46. The molecule has 2 amide bonds. The molecule has 24 heavy (non-hydrogen) atoms. The minimum atomic E-state index is -0.145. The molecule has 3 rings (SSSR count). The first kappa shape index (κ1) is 16.6. The van der Waals surface area contributed by atoms with Crippen LogP contribution in [0.4, 0.5) is 4.79 Å². The van der Waals surface area contributed by atoms with Crippen LogP contribution in [0.15, 0.2) is 24.4 Å². The van der Waals surface area contributed by atoms with E-state index in [0.29, 0.717) is 18.0 Å². The maximum absolute atomic E-state index is 12.1. The maximum Gasteiger partial charge on any atom is 0.315 e. The number of H-pyrrole nitrogens is 1. The number of nitrogens with zero attached hydrogens (tertiary/aromatic N) is 1. The van der Waals surface area contributed by atoms with Gasteiger partial charge in [-0.3, -0.25) is 5.10 Å². The molecule has 7 heteroatoms. The number of hydrogen-bond acceptors (Lipinski definition) is 3. The number of hydrogen-bond donors (Lipinski definition) is 3. The quantitative estimate of drug-likeness (QED) is 0.776. The summed E-state index contributed by atoms with van der Waals surface area (Å²) in [6.07, 6.45) is 5.16. The molecule has 0 bridgehead atoms. The molecule has 3 N–H and O–H groups in total. The molecule has 0 radical (unpaired) electrons. The monoisotopic (exact) mass is 348 g/mol. The smallest absolute Gasteiger partial charge is 0.315 e. The van der Waals surface area contributed by atoms with E-state index in [9.17, 15) is 4.79 Å². The topological polar surface area (TPSA) is 79.0 Å². The highest BCUT2D eigenvalue weighted by Crippen LogP contribution is 2.22. The van der Waals surface area contributed by atoms with Crippen molar-refractivity contribution in [3.05, 3.63) is 46.2 Å². The summed E-state index contributed by atoms with van der Waals surface area (Å²) in [6.45, 7) is 0.520. The van der Waals surface area contributed by atoms with Crippen molar-refractivity contribution in [1.82, 2.24) is 20.8 Å². The van der Waals surface area contributed by atoms with E-state index in [2.05, 4.69) is 20.8 Å². The molecule has 6 nitrogen and oxygen atoms in total. The summed E-state index contributed by atoms with van der Waals surface area (Å²) in [5, 5.41) is 13.6. The van der Waals surface area contributed by atoms with Gasteiger partial charge in [0.25, 0.3) is 0 Å². The number of amides is 2. The predicted molar refractivity (Wildman–Crippen MR) is 92.6 cm³/mol. The third kappa shape index (κ3) is 4.00. The van der Waals surface area contributed by atoms with E-state index in [1.165, 1.54) is 11.3 Å².